The molecule has 0 radical (unpaired) electrons. The van der Waals surface area contributed by atoms with E-state index in [2.05, 4.69) is 13.0 Å². The highest BCUT2D eigenvalue weighted by atomic mass is 19.1. The summed E-state index contributed by atoms with van der Waals surface area (Å²) in [6.45, 7) is 4.21. The summed E-state index contributed by atoms with van der Waals surface area (Å²) in [7, 11) is 1.59. The van der Waals surface area contributed by atoms with E-state index in [-0.39, 0.29) is 12.1 Å². The molecule has 1 saturated carbocycles. The number of halogens is 1. The molecular weight excluding hydrogens is 319 g/mol. The number of ether oxygens (including phenoxy) is 3. The Morgan fingerprint density at radius 2 is 1.84 bits per heavy atom. The molecule has 3 rings (SSSR count). The van der Waals surface area contributed by atoms with Gasteiger partial charge in [0.2, 0.25) is 0 Å². The van der Waals surface area contributed by atoms with Gasteiger partial charge in [-0.25, -0.2) is 4.39 Å². The van der Waals surface area contributed by atoms with Crippen LogP contribution in [0.4, 0.5) is 4.39 Å². The lowest BCUT2D eigenvalue weighted by atomic mass is 9.78. The maximum absolute atomic E-state index is 14.1. The lowest BCUT2D eigenvalue weighted by Crippen LogP contribution is -2.38. The number of benzene rings is 1. The molecule has 1 aromatic carbocycles. The summed E-state index contributed by atoms with van der Waals surface area (Å²) in [4.78, 5) is 0. The summed E-state index contributed by atoms with van der Waals surface area (Å²) in [5.74, 6) is 1.34. The molecule has 1 saturated heterocycles. The second-order valence-corrected chi connectivity index (χ2v) is 7.59. The fourth-order valence-corrected chi connectivity index (χ4v) is 4.22. The van der Waals surface area contributed by atoms with Crippen LogP contribution >= 0.6 is 0 Å². The van der Waals surface area contributed by atoms with Crippen molar-refractivity contribution >= 4 is 0 Å². The van der Waals surface area contributed by atoms with Crippen LogP contribution in [0, 0.1) is 17.7 Å². The Labute approximate surface area is 150 Å². The van der Waals surface area contributed by atoms with Crippen molar-refractivity contribution in [2.24, 2.45) is 11.8 Å². The van der Waals surface area contributed by atoms with E-state index in [1.54, 1.807) is 13.2 Å². The first-order valence-corrected chi connectivity index (χ1v) is 9.71. The number of methoxy groups -OCH3 is 1. The average Bonchev–Trinajstić information content (AvgIpc) is 2.65. The molecule has 1 aliphatic heterocycles. The summed E-state index contributed by atoms with van der Waals surface area (Å²) in [5.41, 5.74) is 1.75. The maximum Gasteiger partial charge on any atom is 0.160 e. The first-order chi connectivity index (χ1) is 12.2. The van der Waals surface area contributed by atoms with Gasteiger partial charge in [0.15, 0.2) is 6.29 Å². The Morgan fingerprint density at radius 1 is 1.12 bits per heavy atom. The van der Waals surface area contributed by atoms with Gasteiger partial charge in [-0.2, -0.15) is 0 Å². The fourth-order valence-electron chi connectivity index (χ4n) is 4.22. The Hall–Kier alpha value is -0.970. The minimum absolute atomic E-state index is 0.0325. The van der Waals surface area contributed by atoms with Gasteiger partial charge in [-0.05, 0) is 49.7 Å². The van der Waals surface area contributed by atoms with Crippen LogP contribution < -0.4 is 0 Å². The van der Waals surface area contributed by atoms with Gasteiger partial charge in [0, 0.05) is 24.5 Å². The number of hydrogen-bond donors (Lipinski definition) is 0. The molecule has 0 atom stereocenters. The first-order valence-electron chi connectivity index (χ1n) is 9.71. The zero-order valence-corrected chi connectivity index (χ0v) is 15.5. The van der Waals surface area contributed by atoms with Crippen LogP contribution in [-0.2, 0) is 20.8 Å². The molecule has 2 fully saturated rings. The minimum Gasteiger partial charge on any atom is -0.380 e. The highest BCUT2D eigenvalue weighted by molar-refractivity contribution is 5.27. The van der Waals surface area contributed by atoms with E-state index in [4.69, 9.17) is 14.2 Å². The van der Waals surface area contributed by atoms with Crippen molar-refractivity contribution in [3.05, 3.63) is 35.1 Å². The van der Waals surface area contributed by atoms with Crippen LogP contribution in [0.5, 0.6) is 0 Å². The molecule has 0 unspecified atom stereocenters. The second kappa shape index (κ2) is 9.11. The van der Waals surface area contributed by atoms with E-state index in [1.807, 2.05) is 6.07 Å². The average molecular weight is 350 g/mol. The molecule has 0 bridgehead atoms. The summed E-state index contributed by atoms with van der Waals surface area (Å²) in [6.07, 6.45) is 6.68. The highest BCUT2D eigenvalue weighted by Gasteiger charge is 2.32. The van der Waals surface area contributed by atoms with E-state index < -0.39 is 0 Å². The Kier molecular flexibility index (Phi) is 6.85. The van der Waals surface area contributed by atoms with Crippen LogP contribution in [0.1, 0.15) is 62.5 Å². The largest absolute Gasteiger partial charge is 0.380 e. The van der Waals surface area contributed by atoms with Crippen molar-refractivity contribution < 1.29 is 18.6 Å². The Balaban J connectivity index is 1.50. The van der Waals surface area contributed by atoms with E-state index in [1.165, 1.54) is 12.8 Å². The predicted molar refractivity (Wildman–Crippen MR) is 95.9 cm³/mol. The molecule has 1 aromatic rings. The third-order valence-electron chi connectivity index (χ3n) is 5.69. The molecule has 1 aliphatic carbocycles. The van der Waals surface area contributed by atoms with Crippen molar-refractivity contribution in [1.29, 1.82) is 0 Å². The summed E-state index contributed by atoms with van der Waals surface area (Å²) in [6, 6.07) is 5.62. The minimum atomic E-state index is -0.151. The van der Waals surface area contributed by atoms with Crippen molar-refractivity contribution in [3.8, 4) is 0 Å². The monoisotopic (exact) mass is 350 g/mol. The standard InChI is InChI=1S/C21H31FO3/c1-3-4-15-12-24-21(25-13-15)17-7-5-16(6-8-17)18-9-10-19(14-23-2)20(22)11-18/h9-11,15-17,21H,3-8,12-14H2,1-2H3. The summed E-state index contributed by atoms with van der Waals surface area (Å²) < 4.78 is 31.1. The third-order valence-corrected chi connectivity index (χ3v) is 5.69. The van der Waals surface area contributed by atoms with E-state index in [0.29, 0.717) is 29.9 Å². The van der Waals surface area contributed by atoms with Gasteiger partial charge in [-0.3, -0.25) is 0 Å². The molecule has 0 spiro atoms. The summed E-state index contributed by atoms with van der Waals surface area (Å²) >= 11 is 0. The molecule has 25 heavy (non-hydrogen) atoms. The van der Waals surface area contributed by atoms with Crippen LogP contribution in [0.3, 0.4) is 0 Å². The van der Waals surface area contributed by atoms with Crippen molar-refractivity contribution in [3.63, 3.8) is 0 Å². The predicted octanol–water partition coefficient (Wildman–Crippen LogP) is 5.04. The van der Waals surface area contributed by atoms with E-state index in [0.717, 1.165) is 44.5 Å². The van der Waals surface area contributed by atoms with Gasteiger partial charge < -0.3 is 14.2 Å². The quantitative estimate of drug-likeness (QED) is 0.720. The molecule has 140 valence electrons. The molecule has 1 heterocycles. The normalized spacial score (nSPS) is 30.4. The fraction of sp³-hybridized carbons (Fsp3) is 0.714. The van der Waals surface area contributed by atoms with Gasteiger partial charge >= 0.3 is 0 Å². The molecule has 0 N–H and O–H groups in total. The van der Waals surface area contributed by atoms with Gasteiger partial charge in [0.1, 0.15) is 5.82 Å². The number of hydrogen-bond acceptors (Lipinski definition) is 3. The smallest absolute Gasteiger partial charge is 0.160 e. The molecule has 3 nitrogen and oxygen atoms in total. The molecule has 0 amide bonds. The van der Waals surface area contributed by atoms with Crippen molar-refractivity contribution in [2.75, 3.05) is 20.3 Å². The van der Waals surface area contributed by atoms with Crippen LogP contribution in [-0.4, -0.2) is 26.6 Å². The second-order valence-electron chi connectivity index (χ2n) is 7.59. The first kappa shape index (κ1) is 18.8. The summed E-state index contributed by atoms with van der Waals surface area (Å²) in [5, 5.41) is 0. The van der Waals surface area contributed by atoms with Crippen LogP contribution in [0.15, 0.2) is 18.2 Å². The molecular formula is C21H31FO3. The topological polar surface area (TPSA) is 27.7 Å². The molecule has 0 aromatic heterocycles. The van der Waals surface area contributed by atoms with E-state index >= 15 is 0 Å². The van der Waals surface area contributed by atoms with Gasteiger partial charge in [-0.15, -0.1) is 0 Å². The lowest BCUT2D eigenvalue weighted by Gasteiger charge is -2.37. The van der Waals surface area contributed by atoms with Gasteiger partial charge in [-0.1, -0.05) is 25.5 Å². The zero-order chi connectivity index (χ0) is 17.6. The number of rotatable bonds is 6. The van der Waals surface area contributed by atoms with Crippen molar-refractivity contribution in [1.82, 2.24) is 0 Å². The molecule has 4 heteroatoms. The van der Waals surface area contributed by atoms with Gasteiger partial charge in [0.25, 0.3) is 0 Å². The SMILES string of the molecule is CCCC1COC(C2CCC(c3ccc(COC)c(F)c3)CC2)OC1. The molecule has 2 aliphatic rings. The van der Waals surface area contributed by atoms with Gasteiger partial charge in [0.05, 0.1) is 19.8 Å². The third kappa shape index (κ3) is 4.81. The van der Waals surface area contributed by atoms with Crippen molar-refractivity contribution in [2.45, 2.75) is 64.3 Å². The maximum atomic E-state index is 14.1. The van der Waals surface area contributed by atoms with Crippen LogP contribution in [0.25, 0.3) is 0 Å². The van der Waals surface area contributed by atoms with Crippen LogP contribution in [0.2, 0.25) is 0 Å². The zero-order valence-electron chi connectivity index (χ0n) is 15.5. The highest BCUT2D eigenvalue weighted by Crippen LogP contribution is 2.39. The lowest BCUT2D eigenvalue weighted by molar-refractivity contribution is -0.229. The Morgan fingerprint density at radius 3 is 2.44 bits per heavy atom. The van der Waals surface area contributed by atoms with E-state index in [9.17, 15) is 4.39 Å². The Bertz CT molecular complexity index is 532.